The van der Waals surface area contributed by atoms with Crippen molar-refractivity contribution in [1.82, 2.24) is 20.1 Å². The van der Waals surface area contributed by atoms with E-state index in [1.165, 1.54) is 22.9 Å². The van der Waals surface area contributed by atoms with Crippen LogP contribution in [-0.2, 0) is 11.2 Å². The van der Waals surface area contributed by atoms with Crippen LogP contribution < -0.4 is 10.1 Å². The van der Waals surface area contributed by atoms with E-state index in [0.717, 1.165) is 22.6 Å². The number of thioether (sulfide) groups is 1. The number of benzene rings is 4. The van der Waals surface area contributed by atoms with Gasteiger partial charge in [-0.2, -0.15) is 0 Å². The molecule has 0 aliphatic heterocycles. The average Bonchev–Trinajstić information content (AvgIpc) is 3.41. The van der Waals surface area contributed by atoms with Gasteiger partial charge in [0.1, 0.15) is 5.75 Å². The second-order valence-corrected chi connectivity index (χ2v) is 10.2. The molecule has 0 bridgehead atoms. The zero-order valence-corrected chi connectivity index (χ0v) is 22.8. The first kappa shape index (κ1) is 26.3. The fourth-order valence-corrected chi connectivity index (χ4v) is 5.13. The van der Waals surface area contributed by atoms with E-state index in [1.54, 1.807) is 7.11 Å². The molecule has 1 N–H and O–H groups in total. The Bertz CT molecular complexity index is 1500. The van der Waals surface area contributed by atoms with Crippen LogP contribution in [0.2, 0.25) is 0 Å². The maximum absolute atomic E-state index is 13.2. The number of rotatable bonds is 10. The molecule has 196 valence electrons. The second-order valence-electron chi connectivity index (χ2n) is 9.21. The third-order valence-corrected chi connectivity index (χ3v) is 7.35. The van der Waals surface area contributed by atoms with Gasteiger partial charge in [0.15, 0.2) is 11.0 Å². The van der Waals surface area contributed by atoms with Crippen molar-refractivity contribution in [3.8, 4) is 22.8 Å². The van der Waals surface area contributed by atoms with Crippen LogP contribution in [0, 0.1) is 6.92 Å². The Morgan fingerprint density at radius 2 is 1.54 bits per heavy atom. The normalized spacial score (nSPS) is 11.6. The molecule has 39 heavy (non-hydrogen) atoms. The molecule has 6 nitrogen and oxygen atoms in total. The summed E-state index contributed by atoms with van der Waals surface area (Å²) >= 11 is 1.37. The Morgan fingerprint density at radius 1 is 0.872 bits per heavy atom. The van der Waals surface area contributed by atoms with Crippen molar-refractivity contribution in [3.05, 3.63) is 126 Å². The smallest absolute Gasteiger partial charge is 0.230 e. The number of nitrogens with zero attached hydrogens (tertiary/aromatic N) is 3. The van der Waals surface area contributed by atoms with E-state index >= 15 is 0 Å². The summed E-state index contributed by atoms with van der Waals surface area (Å²) in [6.45, 7) is 2.05. The fraction of sp³-hybridized carbons (Fsp3) is 0.156. The lowest BCUT2D eigenvalue weighted by atomic mass is 9.99. The predicted molar refractivity (Wildman–Crippen MR) is 156 cm³/mol. The minimum absolute atomic E-state index is 0.0639. The van der Waals surface area contributed by atoms with Crippen LogP contribution in [-0.4, -0.2) is 33.5 Å². The summed E-state index contributed by atoms with van der Waals surface area (Å²) in [6, 6.07) is 36.1. The third kappa shape index (κ3) is 6.56. The predicted octanol–water partition coefficient (Wildman–Crippen LogP) is 6.44. The number of ether oxygens (including phenoxy) is 1. The number of methoxy groups -OCH3 is 1. The van der Waals surface area contributed by atoms with Crippen molar-refractivity contribution in [3.63, 3.8) is 0 Å². The standard InChI is InChI=1S/C32H30N4O2S/c1-23-13-15-26(16-14-23)31-34-35-32(36(31)27-17-19-28(38-2)20-18-27)39-22-30(37)33-29(25-11-7-4-8-12-25)21-24-9-5-3-6-10-24/h3-20,29H,21-22H2,1-2H3,(H,33,37). The molecular formula is C32H30N4O2S. The number of aromatic nitrogens is 3. The highest BCUT2D eigenvalue weighted by Crippen LogP contribution is 2.29. The molecule has 5 rings (SSSR count). The van der Waals surface area contributed by atoms with Gasteiger partial charge in [-0.25, -0.2) is 0 Å². The first-order valence-corrected chi connectivity index (χ1v) is 13.8. The van der Waals surface area contributed by atoms with Gasteiger partial charge in [0.2, 0.25) is 5.91 Å². The van der Waals surface area contributed by atoms with Gasteiger partial charge in [-0.1, -0.05) is 102 Å². The lowest BCUT2D eigenvalue weighted by Crippen LogP contribution is -2.31. The minimum Gasteiger partial charge on any atom is -0.497 e. The molecule has 1 unspecified atom stereocenters. The van der Waals surface area contributed by atoms with Gasteiger partial charge in [0.05, 0.1) is 18.9 Å². The molecule has 1 heterocycles. The van der Waals surface area contributed by atoms with Crippen molar-refractivity contribution in [2.45, 2.75) is 24.5 Å². The average molecular weight is 535 g/mol. The van der Waals surface area contributed by atoms with Crippen LogP contribution >= 0.6 is 11.8 Å². The van der Waals surface area contributed by atoms with Crippen LogP contribution in [0.4, 0.5) is 0 Å². The summed E-state index contributed by atoms with van der Waals surface area (Å²) in [5, 5.41) is 12.9. The number of nitrogens with one attached hydrogen (secondary N) is 1. The fourth-order valence-electron chi connectivity index (χ4n) is 4.37. The van der Waals surface area contributed by atoms with E-state index in [2.05, 4.69) is 58.8 Å². The summed E-state index contributed by atoms with van der Waals surface area (Å²) in [5.74, 6) is 1.63. The molecular weight excluding hydrogens is 504 g/mol. The van der Waals surface area contributed by atoms with E-state index in [-0.39, 0.29) is 17.7 Å². The van der Waals surface area contributed by atoms with Crippen molar-refractivity contribution in [2.75, 3.05) is 12.9 Å². The van der Waals surface area contributed by atoms with Gasteiger partial charge in [-0.15, -0.1) is 10.2 Å². The van der Waals surface area contributed by atoms with Crippen LogP contribution in [0.5, 0.6) is 5.75 Å². The Labute approximate surface area is 233 Å². The zero-order valence-electron chi connectivity index (χ0n) is 22.0. The van der Waals surface area contributed by atoms with Gasteiger partial charge >= 0.3 is 0 Å². The number of amides is 1. The van der Waals surface area contributed by atoms with E-state index in [0.29, 0.717) is 17.4 Å². The summed E-state index contributed by atoms with van der Waals surface area (Å²) in [5.41, 5.74) is 5.26. The third-order valence-electron chi connectivity index (χ3n) is 6.43. The van der Waals surface area contributed by atoms with Crippen molar-refractivity contribution in [1.29, 1.82) is 0 Å². The highest BCUT2D eigenvalue weighted by molar-refractivity contribution is 7.99. The highest BCUT2D eigenvalue weighted by atomic mass is 32.2. The number of carbonyl (C=O) groups is 1. The van der Waals surface area contributed by atoms with Gasteiger partial charge in [0.25, 0.3) is 0 Å². The minimum atomic E-state index is -0.135. The summed E-state index contributed by atoms with van der Waals surface area (Å²) in [7, 11) is 1.64. The molecule has 5 aromatic rings. The molecule has 1 aromatic heterocycles. The van der Waals surface area contributed by atoms with Gasteiger partial charge in [-0.05, 0) is 48.7 Å². The van der Waals surface area contributed by atoms with Crippen LogP contribution in [0.25, 0.3) is 17.1 Å². The van der Waals surface area contributed by atoms with E-state index < -0.39 is 0 Å². The Morgan fingerprint density at radius 3 is 2.21 bits per heavy atom. The van der Waals surface area contributed by atoms with E-state index in [4.69, 9.17) is 4.74 Å². The van der Waals surface area contributed by atoms with Crippen molar-refractivity contribution in [2.24, 2.45) is 0 Å². The maximum atomic E-state index is 13.2. The molecule has 0 saturated carbocycles. The van der Waals surface area contributed by atoms with Crippen LogP contribution in [0.1, 0.15) is 22.7 Å². The summed E-state index contributed by atoms with van der Waals surface area (Å²) in [6.07, 6.45) is 0.709. The topological polar surface area (TPSA) is 69.0 Å². The molecule has 0 saturated heterocycles. The lowest BCUT2D eigenvalue weighted by Gasteiger charge is -2.19. The molecule has 1 amide bonds. The summed E-state index contributed by atoms with van der Waals surface area (Å²) in [4.78, 5) is 13.2. The maximum Gasteiger partial charge on any atom is 0.230 e. The lowest BCUT2D eigenvalue weighted by molar-refractivity contribution is -0.119. The number of hydrogen-bond donors (Lipinski definition) is 1. The largest absolute Gasteiger partial charge is 0.497 e. The molecule has 4 aromatic carbocycles. The first-order chi connectivity index (χ1) is 19.1. The second kappa shape index (κ2) is 12.5. The SMILES string of the molecule is COc1ccc(-n2c(SCC(=O)NC(Cc3ccccc3)c3ccccc3)nnc2-c2ccc(C)cc2)cc1. The van der Waals surface area contributed by atoms with Crippen LogP contribution in [0.15, 0.2) is 114 Å². The number of hydrogen-bond acceptors (Lipinski definition) is 5. The molecule has 0 radical (unpaired) electrons. The van der Waals surface area contributed by atoms with Gasteiger partial charge in [-0.3, -0.25) is 9.36 Å². The van der Waals surface area contributed by atoms with Gasteiger partial charge < -0.3 is 10.1 Å². The number of carbonyl (C=O) groups excluding carboxylic acids is 1. The zero-order chi connectivity index (χ0) is 27.0. The molecule has 0 aliphatic rings. The van der Waals surface area contributed by atoms with Crippen LogP contribution in [0.3, 0.4) is 0 Å². The Hall–Kier alpha value is -4.36. The Balaban J connectivity index is 1.37. The monoisotopic (exact) mass is 534 g/mol. The van der Waals surface area contributed by atoms with E-state index in [1.807, 2.05) is 77.4 Å². The highest BCUT2D eigenvalue weighted by Gasteiger charge is 2.20. The van der Waals surface area contributed by atoms with Gasteiger partial charge in [0, 0.05) is 11.3 Å². The van der Waals surface area contributed by atoms with Crippen molar-refractivity contribution >= 4 is 17.7 Å². The summed E-state index contributed by atoms with van der Waals surface area (Å²) < 4.78 is 7.33. The van der Waals surface area contributed by atoms with E-state index in [9.17, 15) is 4.79 Å². The molecule has 0 spiro atoms. The van der Waals surface area contributed by atoms with Crippen molar-refractivity contribution < 1.29 is 9.53 Å². The first-order valence-electron chi connectivity index (χ1n) is 12.8. The molecule has 7 heteroatoms. The quantitative estimate of drug-likeness (QED) is 0.209. The number of aryl methyl sites for hydroxylation is 1. The molecule has 1 atom stereocenters. The molecule has 0 fully saturated rings. The molecule has 0 aliphatic carbocycles. The Kier molecular flexibility index (Phi) is 8.39.